The van der Waals surface area contributed by atoms with Crippen LogP contribution in [-0.2, 0) is 22.3 Å². The van der Waals surface area contributed by atoms with Crippen LogP contribution in [0, 0.1) is 12.8 Å². The van der Waals surface area contributed by atoms with Gasteiger partial charge in [0.15, 0.2) is 11.5 Å². The van der Waals surface area contributed by atoms with Crippen LogP contribution in [0.25, 0.3) is 21.0 Å². The van der Waals surface area contributed by atoms with Crippen LogP contribution in [0.3, 0.4) is 0 Å². The number of aromatic nitrogens is 1. The molecule has 1 saturated carbocycles. The van der Waals surface area contributed by atoms with Crippen LogP contribution in [0.1, 0.15) is 86.6 Å². The molecule has 10 rings (SSSR count). The van der Waals surface area contributed by atoms with Gasteiger partial charge in [-0.2, -0.15) is 5.10 Å². The molecule has 0 amide bonds. The van der Waals surface area contributed by atoms with Crippen molar-refractivity contribution in [2.45, 2.75) is 70.0 Å². The van der Waals surface area contributed by atoms with Crippen LogP contribution >= 0.6 is 11.3 Å². The zero-order chi connectivity index (χ0) is 47.3. The van der Waals surface area contributed by atoms with E-state index in [1.54, 1.807) is 23.4 Å². The molecule has 1 aromatic heterocycles. The van der Waals surface area contributed by atoms with Crippen molar-refractivity contribution in [3.05, 3.63) is 154 Å². The normalized spacial score (nSPS) is 18.4. The molecule has 2 fully saturated rings. The highest BCUT2D eigenvalue weighted by atomic mass is 32.1. The van der Waals surface area contributed by atoms with Crippen molar-refractivity contribution < 1.29 is 43.1 Å². The topological polar surface area (TPSA) is 142 Å². The third-order valence-electron chi connectivity index (χ3n) is 13.3. The number of methoxy groups -OCH3 is 1. The Kier molecular flexibility index (Phi) is 14.0. The van der Waals surface area contributed by atoms with Crippen molar-refractivity contribution in [2.24, 2.45) is 11.0 Å². The summed E-state index contributed by atoms with van der Waals surface area (Å²) >= 11 is 1.48. The van der Waals surface area contributed by atoms with E-state index in [1.807, 2.05) is 66.7 Å². The van der Waals surface area contributed by atoms with E-state index in [0.29, 0.717) is 53.3 Å². The van der Waals surface area contributed by atoms with Crippen LogP contribution in [0.15, 0.2) is 120 Å². The summed E-state index contributed by atoms with van der Waals surface area (Å²) in [5.74, 6) is 1.03. The van der Waals surface area contributed by atoms with E-state index >= 15 is 0 Å². The predicted molar refractivity (Wildman–Crippen MR) is 268 cm³/mol. The van der Waals surface area contributed by atoms with E-state index in [0.717, 1.165) is 77.4 Å². The molecule has 354 valence electrons. The number of benzene rings is 6. The Labute approximate surface area is 405 Å². The minimum Gasteiger partial charge on any atom is -0.493 e. The number of aliphatic hydroxyl groups is 1. The number of fused-ring (bicyclic) bond motifs is 4. The van der Waals surface area contributed by atoms with Crippen molar-refractivity contribution >= 4 is 55.6 Å². The minimum atomic E-state index is -0.637. The Hall–Kier alpha value is -6.64. The number of ether oxygens (including phenoxy) is 6. The molecule has 1 saturated heterocycles. The fourth-order valence-electron chi connectivity index (χ4n) is 9.46. The Morgan fingerprint density at radius 3 is 2.49 bits per heavy atom. The quantitative estimate of drug-likeness (QED) is 0.0219. The Morgan fingerprint density at radius 2 is 1.64 bits per heavy atom. The minimum absolute atomic E-state index is 0.141. The van der Waals surface area contributed by atoms with E-state index in [1.165, 1.54) is 59.8 Å². The number of epoxide rings is 1. The van der Waals surface area contributed by atoms with Crippen molar-refractivity contribution in [3.63, 3.8) is 0 Å². The van der Waals surface area contributed by atoms with Gasteiger partial charge in [0, 0.05) is 25.2 Å². The molecule has 4 atom stereocenters. The van der Waals surface area contributed by atoms with Gasteiger partial charge in [0.25, 0.3) is 0 Å². The van der Waals surface area contributed by atoms with Crippen LogP contribution in [0.5, 0.6) is 23.0 Å². The number of carbonyl (C=O) groups excluding carboxylic acids is 2. The van der Waals surface area contributed by atoms with Gasteiger partial charge in [0.1, 0.15) is 11.5 Å². The first-order valence-electron chi connectivity index (χ1n) is 23.8. The molecule has 1 aliphatic heterocycles. The highest BCUT2D eigenvalue weighted by Gasteiger charge is 2.43. The van der Waals surface area contributed by atoms with Crippen molar-refractivity contribution in [3.8, 4) is 23.0 Å². The highest BCUT2D eigenvalue weighted by molar-refractivity contribution is 7.22. The maximum atomic E-state index is 13.9. The molecule has 1 N–H and O–H groups in total. The van der Waals surface area contributed by atoms with Gasteiger partial charge >= 0.3 is 11.9 Å². The number of anilines is 1. The highest BCUT2D eigenvalue weighted by Crippen LogP contribution is 2.40. The number of aliphatic hydroxyl groups excluding tert-OH is 1. The molecule has 7 aromatic rings. The Bertz CT molecular complexity index is 2990. The van der Waals surface area contributed by atoms with Gasteiger partial charge in [0.05, 0.1) is 66.6 Å². The largest absolute Gasteiger partial charge is 0.493 e. The molecule has 13 heteroatoms. The summed E-state index contributed by atoms with van der Waals surface area (Å²) in [5.41, 5.74) is 7.09. The van der Waals surface area contributed by atoms with Gasteiger partial charge in [-0.25, -0.2) is 19.6 Å². The Morgan fingerprint density at radius 1 is 0.826 bits per heavy atom. The summed E-state index contributed by atoms with van der Waals surface area (Å²) in [6, 6.07) is 36.0. The van der Waals surface area contributed by atoms with Gasteiger partial charge in [-0.05, 0) is 151 Å². The monoisotopic (exact) mass is 945 g/mol. The fraction of sp³-hybridized carbons (Fsp3) is 0.321. The summed E-state index contributed by atoms with van der Waals surface area (Å²) in [4.78, 5) is 32.2. The maximum absolute atomic E-state index is 13.9. The van der Waals surface area contributed by atoms with Crippen LogP contribution < -0.4 is 24.0 Å². The summed E-state index contributed by atoms with van der Waals surface area (Å²) in [5, 5.41) is 18.9. The first kappa shape index (κ1) is 46.1. The molecule has 2 heterocycles. The van der Waals surface area contributed by atoms with E-state index in [2.05, 4.69) is 25.1 Å². The standard InChI is InChI=1S/C56H55N3O9S/c1-35-8-10-38-28-39(12-11-37(38)26-35)41-16-20-48(45(30-41)33-57-59(22-23-60)56-58-47-6-3-4-7-53(47)69-56)67-55(62)44-17-21-49(51(32-44)63-2)68-54(61)43-14-13-42-31-46(18-15-40(42)29-43)65-25-5-24-64-34-36-9-19-50-52(27-36)66-50/h3-4,6-8,10,13-18,20-21,26,29-33,36,39,50,52,60H,5,9,11-12,19,22-25,27-28,34H2,1-2H3/b57-33+. The van der Waals surface area contributed by atoms with Crippen molar-refractivity contribution in [1.82, 2.24) is 4.98 Å². The SMILES string of the molecule is COc1cc(C(=O)Oc2ccc(C3CCc4cc(C)ccc4C3)cc2/C=N/N(CCO)c2nc3ccccc3s2)ccc1OC(=O)c1ccc2cc(OCCCOCC3CCC4OC4C3)ccc2c1. The van der Waals surface area contributed by atoms with Crippen LogP contribution in [0.2, 0.25) is 0 Å². The van der Waals surface area contributed by atoms with E-state index in [9.17, 15) is 14.7 Å². The maximum Gasteiger partial charge on any atom is 0.343 e. The number of thiazole rings is 1. The number of esters is 2. The number of nitrogens with zero attached hydrogens (tertiary/aromatic N) is 3. The number of rotatable bonds is 18. The fourth-order valence-corrected chi connectivity index (χ4v) is 10.4. The zero-order valence-electron chi connectivity index (χ0n) is 38.8. The average Bonchev–Trinajstić information content (AvgIpc) is 4.03. The van der Waals surface area contributed by atoms with Gasteiger partial charge in [-0.3, -0.25) is 0 Å². The molecule has 3 aliphatic rings. The van der Waals surface area contributed by atoms with E-state index < -0.39 is 11.9 Å². The lowest BCUT2D eigenvalue weighted by molar-refractivity contribution is 0.0728. The third-order valence-corrected chi connectivity index (χ3v) is 14.3. The van der Waals surface area contributed by atoms with Gasteiger partial charge in [0.2, 0.25) is 5.13 Å². The first-order chi connectivity index (χ1) is 33.8. The van der Waals surface area contributed by atoms with Gasteiger partial charge in [-0.1, -0.05) is 65.4 Å². The van der Waals surface area contributed by atoms with Crippen molar-refractivity contribution in [1.29, 1.82) is 0 Å². The molecule has 12 nitrogen and oxygen atoms in total. The smallest absolute Gasteiger partial charge is 0.343 e. The Balaban J connectivity index is 0.804. The second-order valence-electron chi connectivity index (χ2n) is 18.1. The molecule has 0 bridgehead atoms. The summed E-state index contributed by atoms with van der Waals surface area (Å²) in [6.45, 7) is 4.18. The second kappa shape index (κ2) is 20.9. The molecular weight excluding hydrogens is 891 g/mol. The van der Waals surface area contributed by atoms with Gasteiger partial charge in [-0.15, -0.1) is 0 Å². The van der Waals surface area contributed by atoms with Crippen LogP contribution in [0.4, 0.5) is 5.13 Å². The lowest BCUT2D eigenvalue weighted by Gasteiger charge is -2.26. The molecule has 6 aromatic carbocycles. The molecular formula is C56H55N3O9S. The van der Waals surface area contributed by atoms with E-state index in [-0.39, 0.29) is 36.1 Å². The first-order valence-corrected chi connectivity index (χ1v) is 24.6. The molecule has 2 aliphatic carbocycles. The number of carbonyl (C=O) groups is 2. The number of para-hydroxylation sites is 1. The second-order valence-corrected chi connectivity index (χ2v) is 19.1. The summed E-state index contributed by atoms with van der Waals surface area (Å²) in [6.07, 6.45) is 9.75. The zero-order valence-corrected chi connectivity index (χ0v) is 39.6. The predicted octanol–water partition coefficient (Wildman–Crippen LogP) is 10.7. The number of hydrogen-bond donors (Lipinski definition) is 1. The molecule has 0 spiro atoms. The van der Waals surface area contributed by atoms with E-state index in [4.69, 9.17) is 38.5 Å². The molecule has 0 radical (unpaired) electrons. The van der Waals surface area contributed by atoms with Gasteiger partial charge < -0.3 is 33.5 Å². The lowest BCUT2D eigenvalue weighted by atomic mass is 9.79. The lowest BCUT2D eigenvalue weighted by Crippen LogP contribution is -2.20. The van der Waals surface area contributed by atoms with Crippen LogP contribution in [-0.4, -0.2) is 80.5 Å². The molecule has 4 unspecified atom stereocenters. The number of hydrogen-bond acceptors (Lipinski definition) is 13. The molecule has 69 heavy (non-hydrogen) atoms. The summed E-state index contributed by atoms with van der Waals surface area (Å²) < 4.78 is 36.1. The van der Waals surface area contributed by atoms with Crippen molar-refractivity contribution in [2.75, 3.05) is 45.1 Å². The average molecular weight is 946 g/mol. The summed E-state index contributed by atoms with van der Waals surface area (Å²) in [7, 11) is 1.45. The number of hydrazone groups is 1. The third kappa shape index (κ3) is 11.0. The number of aryl methyl sites for hydroxylation is 2.